The summed E-state index contributed by atoms with van der Waals surface area (Å²) >= 11 is 5.37. The fourth-order valence-electron chi connectivity index (χ4n) is 3.38. The van der Waals surface area contributed by atoms with Gasteiger partial charge in [-0.2, -0.15) is 0 Å². The first-order valence-corrected chi connectivity index (χ1v) is 9.98. The van der Waals surface area contributed by atoms with Crippen molar-refractivity contribution in [2.24, 2.45) is 0 Å². The minimum atomic E-state index is -0.238. The summed E-state index contributed by atoms with van der Waals surface area (Å²) in [7, 11) is 0. The number of carbonyl (C=O) groups is 1. The first-order chi connectivity index (χ1) is 14.4. The zero-order valence-electron chi connectivity index (χ0n) is 16.9. The second-order valence-corrected chi connectivity index (χ2v) is 7.60. The van der Waals surface area contributed by atoms with Gasteiger partial charge in [0.05, 0.1) is 0 Å². The number of amides is 1. The van der Waals surface area contributed by atoms with E-state index in [9.17, 15) is 4.79 Å². The van der Waals surface area contributed by atoms with Crippen molar-refractivity contribution in [3.63, 3.8) is 0 Å². The van der Waals surface area contributed by atoms with Gasteiger partial charge in [0.2, 0.25) is 5.89 Å². The molecular weight excluding hydrogens is 394 g/mol. The van der Waals surface area contributed by atoms with Gasteiger partial charge < -0.3 is 9.73 Å². The van der Waals surface area contributed by atoms with E-state index >= 15 is 0 Å². The van der Waals surface area contributed by atoms with Crippen LogP contribution in [0.3, 0.4) is 0 Å². The molecule has 0 radical (unpaired) electrons. The van der Waals surface area contributed by atoms with Crippen molar-refractivity contribution in [1.29, 1.82) is 0 Å². The third-order valence-electron chi connectivity index (χ3n) is 4.96. The Hall–Kier alpha value is -3.51. The summed E-state index contributed by atoms with van der Waals surface area (Å²) in [6, 6.07) is 19.1. The summed E-state index contributed by atoms with van der Waals surface area (Å²) in [5, 5.41) is 6.11. The Bertz CT molecular complexity index is 1240. The number of nitrogens with one attached hydrogen (secondary N) is 2. The standard InChI is InChI=1S/C24H21N3O2S/c1-14-11-12-17(15(2)13-14)22(28)27-24(30)26-19-9-6-7-18(16(19)3)23-25-20-8-4-5-10-21(20)29-23/h4-13H,1-3H3,(H2,26,27,28,30). The zero-order chi connectivity index (χ0) is 21.3. The Morgan fingerprint density at radius 1 is 1.00 bits per heavy atom. The van der Waals surface area contributed by atoms with E-state index in [4.69, 9.17) is 16.6 Å². The molecule has 1 aromatic heterocycles. The molecule has 0 spiro atoms. The Labute approximate surface area is 180 Å². The molecule has 0 aliphatic heterocycles. The van der Waals surface area contributed by atoms with Crippen LogP contribution in [-0.2, 0) is 0 Å². The molecule has 0 unspecified atom stereocenters. The maximum atomic E-state index is 12.6. The van der Waals surface area contributed by atoms with Gasteiger partial charge in [0.25, 0.3) is 5.91 Å². The highest BCUT2D eigenvalue weighted by atomic mass is 32.1. The second kappa shape index (κ2) is 8.08. The van der Waals surface area contributed by atoms with Gasteiger partial charge >= 0.3 is 0 Å². The summed E-state index contributed by atoms with van der Waals surface area (Å²) in [5.74, 6) is 0.306. The molecule has 1 amide bonds. The van der Waals surface area contributed by atoms with E-state index in [0.717, 1.165) is 39.0 Å². The Kier molecular flexibility index (Phi) is 5.33. The van der Waals surface area contributed by atoms with Crippen LogP contribution in [0.2, 0.25) is 0 Å². The van der Waals surface area contributed by atoms with E-state index in [1.807, 2.05) is 81.4 Å². The van der Waals surface area contributed by atoms with E-state index < -0.39 is 0 Å². The molecule has 0 saturated carbocycles. The number of aromatic nitrogens is 1. The summed E-state index contributed by atoms with van der Waals surface area (Å²) in [4.78, 5) is 17.2. The molecule has 6 heteroatoms. The molecule has 0 bridgehead atoms. The molecule has 0 aliphatic carbocycles. The van der Waals surface area contributed by atoms with E-state index in [2.05, 4.69) is 15.6 Å². The number of fused-ring (bicyclic) bond motifs is 1. The minimum absolute atomic E-state index is 0.234. The SMILES string of the molecule is Cc1ccc(C(=O)NC(=S)Nc2cccc(-c3nc4ccccc4o3)c2C)c(C)c1. The summed E-state index contributed by atoms with van der Waals surface area (Å²) < 4.78 is 5.90. The van der Waals surface area contributed by atoms with Crippen LogP contribution in [0, 0.1) is 20.8 Å². The number of rotatable bonds is 3. The van der Waals surface area contributed by atoms with Gasteiger partial charge in [-0.05, 0) is 74.4 Å². The molecule has 5 nitrogen and oxygen atoms in total. The highest BCUT2D eigenvalue weighted by Crippen LogP contribution is 2.30. The fourth-order valence-corrected chi connectivity index (χ4v) is 3.59. The molecule has 0 aliphatic rings. The predicted octanol–water partition coefficient (Wildman–Crippen LogP) is 5.55. The number of aryl methyl sites for hydroxylation is 2. The van der Waals surface area contributed by atoms with E-state index in [1.165, 1.54) is 0 Å². The average molecular weight is 416 g/mol. The van der Waals surface area contributed by atoms with Crippen LogP contribution in [0.5, 0.6) is 0 Å². The molecule has 0 atom stereocenters. The molecule has 150 valence electrons. The van der Waals surface area contributed by atoms with Crippen molar-refractivity contribution in [3.8, 4) is 11.5 Å². The second-order valence-electron chi connectivity index (χ2n) is 7.19. The molecule has 0 fully saturated rings. The van der Waals surface area contributed by atoms with Gasteiger partial charge in [-0.25, -0.2) is 4.98 Å². The summed E-state index contributed by atoms with van der Waals surface area (Å²) in [6.45, 7) is 5.86. The van der Waals surface area contributed by atoms with Gasteiger partial charge in [-0.1, -0.05) is 35.9 Å². The zero-order valence-corrected chi connectivity index (χ0v) is 17.8. The largest absolute Gasteiger partial charge is 0.436 e. The number of carbonyl (C=O) groups excluding carboxylic acids is 1. The summed E-state index contributed by atoms with van der Waals surface area (Å²) in [6.07, 6.45) is 0. The maximum Gasteiger partial charge on any atom is 0.257 e. The number of thiocarbonyl (C=S) groups is 1. The van der Waals surface area contributed by atoms with Gasteiger partial charge in [-0.15, -0.1) is 0 Å². The minimum Gasteiger partial charge on any atom is -0.436 e. The fraction of sp³-hybridized carbons (Fsp3) is 0.125. The van der Waals surface area contributed by atoms with Crippen molar-refractivity contribution in [2.75, 3.05) is 5.32 Å². The van der Waals surface area contributed by atoms with E-state index in [0.29, 0.717) is 11.5 Å². The van der Waals surface area contributed by atoms with Crippen LogP contribution in [0.1, 0.15) is 27.0 Å². The maximum absolute atomic E-state index is 12.6. The number of para-hydroxylation sites is 2. The molecule has 2 N–H and O–H groups in total. The number of anilines is 1. The van der Waals surface area contributed by atoms with Crippen LogP contribution < -0.4 is 10.6 Å². The van der Waals surface area contributed by atoms with Crippen LogP contribution in [0.4, 0.5) is 5.69 Å². The van der Waals surface area contributed by atoms with Crippen molar-refractivity contribution in [2.45, 2.75) is 20.8 Å². The lowest BCUT2D eigenvalue weighted by molar-refractivity contribution is 0.0977. The lowest BCUT2D eigenvalue weighted by atomic mass is 10.1. The van der Waals surface area contributed by atoms with Gasteiger partial charge in [0.15, 0.2) is 10.7 Å². The van der Waals surface area contributed by atoms with Gasteiger partial charge in [-0.3, -0.25) is 10.1 Å². The Morgan fingerprint density at radius 2 is 1.80 bits per heavy atom. The summed E-state index contributed by atoms with van der Waals surface area (Å²) in [5.41, 5.74) is 6.72. The lowest BCUT2D eigenvalue weighted by Gasteiger charge is -2.14. The van der Waals surface area contributed by atoms with Crippen molar-refractivity contribution in [1.82, 2.24) is 10.3 Å². The third-order valence-corrected chi connectivity index (χ3v) is 5.16. The van der Waals surface area contributed by atoms with Crippen molar-refractivity contribution < 1.29 is 9.21 Å². The Balaban J connectivity index is 1.54. The first kappa shape index (κ1) is 19.8. The van der Waals surface area contributed by atoms with Crippen molar-refractivity contribution >= 4 is 40.0 Å². The van der Waals surface area contributed by atoms with Gasteiger partial charge in [0.1, 0.15) is 5.52 Å². The number of hydrogen-bond donors (Lipinski definition) is 2. The number of benzene rings is 3. The molecule has 3 aromatic carbocycles. The number of oxazole rings is 1. The Morgan fingerprint density at radius 3 is 2.57 bits per heavy atom. The molecule has 0 saturated heterocycles. The predicted molar refractivity (Wildman–Crippen MR) is 124 cm³/mol. The van der Waals surface area contributed by atoms with Crippen LogP contribution in [0.15, 0.2) is 65.1 Å². The number of hydrogen-bond acceptors (Lipinski definition) is 4. The average Bonchev–Trinajstić information content (AvgIpc) is 3.13. The topological polar surface area (TPSA) is 67.2 Å². The third kappa shape index (κ3) is 3.95. The smallest absolute Gasteiger partial charge is 0.257 e. The normalized spacial score (nSPS) is 10.8. The van der Waals surface area contributed by atoms with Crippen LogP contribution in [-0.4, -0.2) is 16.0 Å². The lowest BCUT2D eigenvalue weighted by Crippen LogP contribution is -2.34. The van der Waals surface area contributed by atoms with E-state index in [1.54, 1.807) is 0 Å². The van der Waals surface area contributed by atoms with Crippen LogP contribution >= 0.6 is 12.2 Å². The van der Waals surface area contributed by atoms with Gasteiger partial charge in [0, 0.05) is 16.8 Å². The molecule has 4 aromatic rings. The van der Waals surface area contributed by atoms with Crippen LogP contribution in [0.25, 0.3) is 22.6 Å². The molecular formula is C24H21N3O2S. The highest BCUT2D eigenvalue weighted by Gasteiger charge is 2.15. The molecule has 4 rings (SSSR count). The first-order valence-electron chi connectivity index (χ1n) is 9.57. The quantitative estimate of drug-likeness (QED) is 0.430. The van der Waals surface area contributed by atoms with E-state index in [-0.39, 0.29) is 11.0 Å². The van der Waals surface area contributed by atoms with Crippen molar-refractivity contribution in [3.05, 3.63) is 82.9 Å². The highest BCUT2D eigenvalue weighted by molar-refractivity contribution is 7.80. The molecule has 1 heterocycles. The number of nitrogens with zero attached hydrogens (tertiary/aromatic N) is 1. The monoisotopic (exact) mass is 415 g/mol. The molecule has 30 heavy (non-hydrogen) atoms.